The lowest BCUT2D eigenvalue weighted by Gasteiger charge is -2.46. The number of aromatic hydroxyl groups is 4. The smallest absolute Gasteiger partial charge is 0.157 e. The number of nitrogens with zero attached hydrogens (tertiary/aromatic N) is 2. The van der Waals surface area contributed by atoms with Crippen molar-refractivity contribution in [1.82, 2.24) is 9.80 Å². The van der Waals surface area contributed by atoms with E-state index in [0.29, 0.717) is 0 Å². The normalized spacial score (nSPS) is 23.5. The number of fused-ring (bicyclic) bond motifs is 2. The molecular formula is C20H24N2O4. The van der Waals surface area contributed by atoms with Crippen LogP contribution in [0.2, 0.25) is 0 Å². The molecule has 0 saturated carbocycles. The van der Waals surface area contributed by atoms with E-state index in [2.05, 4.69) is 23.9 Å². The van der Waals surface area contributed by atoms with Crippen molar-refractivity contribution < 1.29 is 20.4 Å². The molecule has 2 aliphatic heterocycles. The van der Waals surface area contributed by atoms with E-state index in [-0.39, 0.29) is 35.1 Å². The molecule has 138 valence electrons. The first-order valence-electron chi connectivity index (χ1n) is 8.86. The minimum atomic E-state index is -0.115. The van der Waals surface area contributed by atoms with Gasteiger partial charge >= 0.3 is 0 Å². The number of phenolic OH excluding ortho intramolecular Hbond substituents is 4. The molecule has 26 heavy (non-hydrogen) atoms. The molecule has 0 aliphatic carbocycles. The van der Waals surface area contributed by atoms with Crippen molar-refractivity contribution in [2.24, 2.45) is 0 Å². The maximum atomic E-state index is 10.1. The number of likely N-dealkylation sites (N-methyl/N-ethyl adjacent to an activating group) is 2. The maximum Gasteiger partial charge on any atom is 0.157 e. The third-order valence-electron chi connectivity index (χ3n) is 5.83. The Hall–Kier alpha value is -2.44. The third kappa shape index (κ3) is 2.57. The van der Waals surface area contributed by atoms with Crippen molar-refractivity contribution in [1.29, 1.82) is 0 Å². The molecule has 0 bridgehead atoms. The lowest BCUT2D eigenvalue weighted by atomic mass is 9.81. The highest BCUT2D eigenvalue weighted by atomic mass is 16.3. The molecule has 4 rings (SSSR count). The minimum absolute atomic E-state index is 0.0294. The minimum Gasteiger partial charge on any atom is -0.504 e. The van der Waals surface area contributed by atoms with E-state index >= 15 is 0 Å². The van der Waals surface area contributed by atoms with Gasteiger partial charge in [-0.2, -0.15) is 0 Å². The molecule has 2 aromatic rings. The summed E-state index contributed by atoms with van der Waals surface area (Å²) in [6.45, 7) is 1.68. The quantitative estimate of drug-likeness (QED) is 0.587. The van der Waals surface area contributed by atoms with Gasteiger partial charge in [0.25, 0.3) is 0 Å². The van der Waals surface area contributed by atoms with Gasteiger partial charge in [0.1, 0.15) is 0 Å². The number of phenols is 4. The second kappa shape index (κ2) is 6.07. The van der Waals surface area contributed by atoms with E-state index in [9.17, 15) is 20.4 Å². The monoisotopic (exact) mass is 356 g/mol. The van der Waals surface area contributed by atoms with E-state index in [1.807, 2.05) is 0 Å². The Balaban J connectivity index is 1.88. The summed E-state index contributed by atoms with van der Waals surface area (Å²) in [4.78, 5) is 4.50. The van der Waals surface area contributed by atoms with Crippen LogP contribution in [0.3, 0.4) is 0 Å². The van der Waals surface area contributed by atoms with E-state index in [4.69, 9.17) is 0 Å². The van der Waals surface area contributed by atoms with Crippen LogP contribution in [0.1, 0.15) is 34.3 Å². The van der Waals surface area contributed by atoms with E-state index in [1.165, 1.54) is 0 Å². The molecule has 6 nitrogen and oxygen atoms in total. The molecule has 2 aromatic carbocycles. The topological polar surface area (TPSA) is 87.4 Å². The molecule has 4 N–H and O–H groups in total. The van der Waals surface area contributed by atoms with Gasteiger partial charge in [-0.3, -0.25) is 9.80 Å². The molecule has 0 aromatic heterocycles. The molecule has 0 unspecified atom stereocenters. The van der Waals surface area contributed by atoms with Crippen LogP contribution in [0.4, 0.5) is 0 Å². The highest BCUT2D eigenvalue weighted by molar-refractivity contribution is 5.52. The standard InChI is InChI=1S/C20H24N2O4/c1-21-5-3-11-7-15(23)17(25)9-13(11)19(21)20-14-10-18(26)16(24)8-12(14)4-6-22(20)2/h7-10,19-20,23-26H,3-6H2,1-2H3/t19-,20+. The van der Waals surface area contributed by atoms with Crippen LogP contribution in [0.15, 0.2) is 24.3 Å². The van der Waals surface area contributed by atoms with Crippen LogP contribution in [-0.4, -0.2) is 57.4 Å². The number of rotatable bonds is 1. The average molecular weight is 356 g/mol. The first kappa shape index (κ1) is 17.0. The van der Waals surface area contributed by atoms with Crippen molar-refractivity contribution in [2.75, 3.05) is 27.2 Å². The molecule has 6 heteroatoms. The van der Waals surface area contributed by atoms with Gasteiger partial charge < -0.3 is 20.4 Å². The Morgan fingerprint density at radius 3 is 1.38 bits per heavy atom. The molecule has 0 amide bonds. The Morgan fingerprint density at radius 1 is 0.654 bits per heavy atom. The molecule has 2 heterocycles. The zero-order chi connectivity index (χ0) is 18.6. The molecule has 0 spiro atoms. The summed E-state index contributed by atoms with van der Waals surface area (Å²) >= 11 is 0. The number of benzene rings is 2. The summed E-state index contributed by atoms with van der Waals surface area (Å²) in [5, 5.41) is 39.9. The fourth-order valence-electron chi connectivity index (χ4n) is 4.43. The number of hydrogen-bond acceptors (Lipinski definition) is 6. The second-order valence-corrected chi connectivity index (χ2v) is 7.43. The molecule has 0 saturated heterocycles. The van der Waals surface area contributed by atoms with Crippen LogP contribution >= 0.6 is 0 Å². The predicted octanol–water partition coefficient (Wildman–Crippen LogP) is 2.27. The summed E-state index contributed by atoms with van der Waals surface area (Å²) < 4.78 is 0. The fraction of sp³-hybridized carbons (Fsp3) is 0.400. The summed E-state index contributed by atoms with van der Waals surface area (Å²) in [7, 11) is 4.11. The summed E-state index contributed by atoms with van der Waals surface area (Å²) in [5.74, 6) is -0.411. The molecule has 0 fully saturated rings. The van der Waals surface area contributed by atoms with E-state index < -0.39 is 0 Å². The average Bonchev–Trinajstić information content (AvgIpc) is 2.59. The highest BCUT2D eigenvalue weighted by Crippen LogP contribution is 2.47. The lowest BCUT2D eigenvalue weighted by Crippen LogP contribution is -2.44. The highest BCUT2D eigenvalue weighted by Gasteiger charge is 2.38. The lowest BCUT2D eigenvalue weighted by molar-refractivity contribution is 0.0965. The van der Waals surface area contributed by atoms with Gasteiger partial charge in [0.2, 0.25) is 0 Å². The summed E-state index contributed by atoms with van der Waals surface area (Å²) in [6, 6.07) is 6.57. The predicted molar refractivity (Wildman–Crippen MR) is 97.7 cm³/mol. The van der Waals surface area contributed by atoms with Crippen LogP contribution in [0.5, 0.6) is 23.0 Å². The maximum absolute atomic E-state index is 10.1. The van der Waals surface area contributed by atoms with Crippen molar-refractivity contribution >= 4 is 0 Å². The van der Waals surface area contributed by atoms with Crippen LogP contribution in [-0.2, 0) is 12.8 Å². The van der Waals surface area contributed by atoms with Crippen LogP contribution in [0, 0.1) is 0 Å². The SMILES string of the molecule is CN1CCc2cc(O)c(O)cc2[C@@H]1[C@@H]1c2cc(O)c(O)cc2CCN1C. The molecule has 2 atom stereocenters. The molecule has 2 aliphatic rings. The Kier molecular flexibility index (Phi) is 3.97. The van der Waals surface area contributed by atoms with Gasteiger partial charge in [-0.05, 0) is 73.5 Å². The summed E-state index contributed by atoms with van der Waals surface area (Å²) in [6.07, 6.45) is 1.61. The Labute approximate surface area is 152 Å². The first-order valence-corrected chi connectivity index (χ1v) is 8.86. The van der Waals surface area contributed by atoms with Gasteiger partial charge in [0, 0.05) is 13.1 Å². The number of hydrogen-bond donors (Lipinski definition) is 4. The zero-order valence-corrected chi connectivity index (χ0v) is 15.0. The van der Waals surface area contributed by atoms with E-state index in [1.54, 1.807) is 24.3 Å². The Morgan fingerprint density at radius 2 is 1.00 bits per heavy atom. The van der Waals surface area contributed by atoms with Gasteiger partial charge in [-0.25, -0.2) is 0 Å². The summed E-state index contributed by atoms with van der Waals surface area (Å²) in [5.41, 5.74) is 4.05. The Bertz CT molecular complexity index is 796. The second-order valence-electron chi connectivity index (χ2n) is 7.43. The van der Waals surface area contributed by atoms with Gasteiger partial charge in [-0.15, -0.1) is 0 Å². The zero-order valence-electron chi connectivity index (χ0n) is 15.0. The van der Waals surface area contributed by atoms with E-state index in [0.717, 1.165) is 48.2 Å². The van der Waals surface area contributed by atoms with Gasteiger partial charge in [-0.1, -0.05) is 0 Å². The fourth-order valence-corrected chi connectivity index (χ4v) is 4.43. The van der Waals surface area contributed by atoms with Crippen molar-refractivity contribution in [2.45, 2.75) is 24.9 Å². The van der Waals surface area contributed by atoms with Crippen molar-refractivity contribution in [3.05, 3.63) is 46.5 Å². The van der Waals surface area contributed by atoms with Gasteiger partial charge in [0.15, 0.2) is 23.0 Å². The van der Waals surface area contributed by atoms with Crippen molar-refractivity contribution in [3.63, 3.8) is 0 Å². The molecule has 0 radical (unpaired) electrons. The van der Waals surface area contributed by atoms with Gasteiger partial charge in [0.05, 0.1) is 12.1 Å². The third-order valence-corrected chi connectivity index (χ3v) is 5.83. The van der Waals surface area contributed by atoms with Crippen molar-refractivity contribution in [3.8, 4) is 23.0 Å². The first-order chi connectivity index (χ1) is 12.4. The molecular weight excluding hydrogens is 332 g/mol. The largest absolute Gasteiger partial charge is 0.504 e. The van der Waals surface area contributed by atoms with Crippen LogP contribution in [0.25, 0.3) is 0 Å². The van der Waals surface area contributed by atoms with Crippen LogP contribution < -0.4 is 0 Å².